The van der Waals surface area contributed by atoms with E-state index in [0.717, 1.165) is 0 Å². The Kier molecular flexibility index (Phi) is 4.32. The highest BCUT2D eigenvalue weighted by atomic mass is 19.1. The zero-order chi connectivity index (χ0) is 16.1. The maximum Gasteiger partial charge on any atom is 0.273 e. The molecule has 3 aromatic rings. The van der Waals surface area contributed by atoms with Crippen LogP contribution in [0.15, 0.2) is 47.3 Å². The molecule has 1 aromatic carbocycles. The van der Waals surface area contributed by atoms with E-state index in [1.807, 2.05) is 0 Å². The predicted molar refractivity (Wildman–Crippen MR) is 77.0 cm³/mol. The number of amides is 1. The standard InChI is InChI=1S/C15H13FN4O3/c16-10-3-1-2-4-12(10)22-9-14-20-11(8-23-14)15(21)19-7-13-17-5-6-18-13/h1-6,8H,7,9H2,(H,17,18)(H,19,21). The maximum absolute atomic E-state index is 13.4. The van der Waals surface area contributed by atoms with Gasteiger partial charge in [0.1, 0.15) is 12.1 Å². The number of hydrogen-bond donors (Lipinski definition) is 2. The Morgan fingerprint density at radius 3 is 3.04 bits per heavy atom. The summed E-state index contributed by atoms with van der Waals surface area (Å²) < 4.78 is 23.8. The first-order chi connectivity index (χ1) is 11.2. The number of para-hydroxylation sites is 1. The molecule has 0 unspecified atom stereocenters. The topological polar surface area (TPSA) is 93.0 Å². The van der Waals surface area contributed by atoms with Crippen LogP contribution in [-0.4, -0.2) is 20.9 Å². The predicted octanol–water partition coefficient (Wildman–Crippen LogP) is 2.05. The van der Waals surface area contributed by atoms with Crippen LogP contribution in [-0.2, 0) is 13.2 Å². The smallest absolute Gasteiger partial charge is 0.273 e. The molecule has 0 atom stereocenters. The minimum atomic E-state index is -0.476. The molecule has 0 aliphatic heterocycles. The highest BCUT2D eigenvalue weighted by molar-refractivity contribution is 5.91. The molecule has 0 saturated heterocycles. The number of nitrogens with one attached hydrogen (secondary N) is 2. The second-order valence-corrected chi connectivity index (χ2v) is 4.56. The molecule has 0 spiro atoms. The van der Waals surface area contributed by atoms with Crippen molar-refractivity contribution >= 4 is 5.91 Å². The minimum absolute atomic E-state index is 0.0770. The molecule has 3 rings (SSSR count). The Hall–Kier alpha value is -3.16. The van der Waals surface area contributed by atoms with Crippen LogP contribution in [0.5, 0.6) is 5.75 Å². The first-order valence-electron chi connectivity index (χ1n) is 6.80. The van der Waals surface area contributed by atoms with Gasteiger partial charge in [0.2, 0.25) is 5.89 Å². The fourth-order valence-electron chi connectivity index (χ4n) is 1.83. The summed E-state index contributed by atoms with van der Waals surface area (Å²) in [6.07, 6.45) is 4.48. The molecule has 2 heterocycles. The van der Waals surface area contributed by atoms with E-state index >= 15 is 0 Å². The minimum Gasteiger partial charge on any atom is -0.481 e. The monoisotopic (exact) mass is 316 g/mol. The summed E-state index contributed by atoms with van der Waals surface area (Å²) in [5.74, 6) is 0.0219. The third-order valence-electron chi connectivity index (χ3n) is 2.94. The van der Waals surface area contributed by atoms with Crippen molar-refractivity contribution in [2.45, 2.75) is 13.2 Å². The SMILES string of the molecule is O=C(NCc1ncc[nH]1)c1coc(COc2ccccc2F)n1. The molecule has 0 saturated carbocycles. The van der Waals surface area contributed by atoms with Gasteiger partial charge in [-0.25, -0.2) is 14.4 Å². The summed E-state index contributed by atoms with van der Waals surface area (Å²) in [6.45, 7) is 0.173. The zero-order valence-corrected chi connectivity index (χ0v) is 12.0. The van der Waals surface area contributed by atoms with Crippen LogP contribution in [0.4, 0.5) is 4.39 Å². The summed E-state index contributed by atoms with van der Waals surface area (Å²) in [4.78, 5) is 22.8. The van der Waals surface area contributed by atoms with Crippen LogP contribution in [0.3, 0.4) is 0 Å². The average Bonchev–Trinajstić information content (AvgIpc) is 3.23. The zero-order valence-electron chi connectivity index (χ0n) is 12.0. The molecule has 0 bridgehead atoms. The molecule has 8 heteroatoms. The second-order valence-electron chi connectivity index (χ2n) is 4.56. The highest BCUT2D eigenvalue weighted by Crippen LogP contribution is 2.17. The number of imidazole rings is 1. The van der Waals surface area contributed by atoms with Gasteiger partial charge >= 0.3 is 0 Å². The van der Waals surface area contributed by atoms with E-state index in [1.165, 1.54) is 18.4 Å². The van der Waals surface area contributed by atoms with Crippen molar-refractivity contribution in [1.82, 2.24) is 20.3 Å². The lowest BCUT2D eigenvalue weighted by molar-refractivity contribution is 0.0945. The highest BCUT2D eigenvalue weighted by Gasteiger charge is 2.13. The van der Waals surface area contributed by atoms with Gasteiger partial charge in [0.05, 0.1) is 6.54 Å². The van der Waals surface area contributed by atoms with Crippen LogP contribution < -0.4 is 10.1 Å². The van der Waals surface area contributed by atoms with Crippen LogP contribution in [0.2, 0.25) is 0 Å². The number of aromatic amines is 1. The molecule has 0 radical (unpaired) electrons. The molecule has 0 fully saturated rings. The molecule has 0 aliphatic rings. The number of hydrogen-bond acceptors (Lipinski definition) is 5. The lowest BCUT2D eigenvalue weighted by Gasteiger charge is -2.03. The van der Waals surface area contributed by atoms with Crippen molar-refractivity contribution in [1.29, 1.82) is 0 Å². The third kappa shape index (κ3) is 3.73. The van der Waals surface area contributed by atoms with Crippen LogP contribution in [0, 0.1) is 5.82 Å². The van der Waals surface area contributed by atoms with Gasteiger partial charge < -0.3 is 19.5 Å². The molecule has 7 nitrogen and oxygen atoms in total. The Bertz CT molecular complexity index is 786. The second kappa shape index (κ2) is 6.73. The Morgan fingerprint density at radius 2 is 2.26 bits per heavy atom. The number of carbonyl (C=O) groups excluding carboxylic acids is 1. The van der Waals surface area contributed by atoms with Gasteiger partial charge in [-0.1, -0.05) is 12.1 Å². The number of halogens is 1. The van der Waals surface area contributed by atoms with E-state index in [4.69, 9.17) is 9.15 Å². The lowest BCUT2D eigenvalue weighted by atomic mass is 10.3. The molecule has 0 aliphatic carbocycles. The van der Waals surface area contributed by atoms with Gasteiger partial charge in [0.15, 0.2) is 23.9 Å². The molecule has 2 N–H and O–H groups in total. The normalized spacial score (nSPS) is 10.5. The summed E-state index contributed by atoms with van der Waals surface area (Å²) in [5, 5.41) is 2.64. The largest absolute Gasteiger partial charge is 0.481 e. The van der Waals surface area contributed by atoms with Gasteiger partial charge in [-0.15, -0.1) is 0 Å². The summed E-state index contributed by atoms with van der Waals surface area (Å²) in [5.41, 5.74) is 0.115. The van der Waals surface area contributed by atoms with E-state index in [9.17, 15) is 9.18 Å². The quantitative estimate of drug-likeness (QED) is 0.726. The molecule has 1 amide bonds. The average molecular weight is 316 g/mol. The number of oxazole rings is 1. The van der Waals surface area contributed by atoms with Gasteiger partial charge in [0.25, 0.3) is 5.91 Å². The number of nitrogens with zero attached hydrogens (tertiary/aromatic N) is 2. The number of benzene rings is 1. The Labute approximate surface area is 130 Å². The van der Waals surface area contributed by atoms with Crippen molar-refractivity contribution < 1.29 is 18.3 Å². The van der Waals surface area contributed by atoms with Crippen molar-refractivity contribution in [3.05, 3.63) is 66.1 Å². The molecular formula is C15H13FN4O3. The van der Waals surface area contributed by atoms with E-state index in [-0.39, 0.29) is 30.5 Å². The fourth-order valence-corrected chi connectivity index (χ4v) is 1.83. The van der Waals surface area contributed by atoms with Crippen molar-refractivity contribution in [3.63, 3.8) is 0 Å². The first kappa shape index (κ1) is 14.8. The van der Waals surface area contributed by atoms with Crippen molar-refractivity contribution in [2.24, 2.45) is 0 Å². The van der Waals surface area contributed by atoms with Gasteiger partial charge in [-0.05, 0) is 12.1 Å². The fraction of sp³-hybridized carbons (Fsp3) is 0.133. The van der Waals surface area contributed by atoms with Crippen LogP contribution in [0.25, 0.3) is 0 Å². The van der Waals surface area contributed by atoms with E-state index in [2.05, 4.69) is 20.3 Å². The van der Waals surface area contributed by atoms with E-state index < -0.39 is 11.7 Å². The van der Waals surface area contributed by atoms with Crippen LogP contribution >= 0.6 is 0 Å². The molecule has 2 aromatic heterocycles. The van der Waals surface area contributed by atoms with Gasteiger partial charge in [-0.3, -0.25) is 4.79 Å². The molecule has 118 valence electrons. The van der Waals surface area contributed by atoms with Crippen LogP contribution in [0.1, 0.15) is 22.2 Å². The maximum atomic E-state index is 13.4. The summed E-state index contributed by atoms with van der Waals surface area (Å²) >= 11 is 0. The summed E-state index contributed by atoms with van der Waals surface area (Å²) in [7, 11) is 0. The Morgan fingerprint density at radius 1 is 1.39 bits per heavy atom. The number of aromatic nitrogens is 3. The number of H-pyrrole nitrogens is 1. The van der Waals surface area contributed by atoms with Gasteiger partial charge in [-0.2, -0.15) is 0 Å². The van der Waals surface area contributed by atoms with Crippen molar-refractivity contribution in [2.75, 3.05) is 0 Å². The number of rotatable bonds is 6. The molecule has 23 heavy (non-hydrogen) atoms. The first-order valence-corrected chi connectivity index (χ1v) is 6.80. The van der Waals surface area contributed by atoms with Crippen molar-refractivity contribution in [3.8, 4) is 5.75 Å². The van der Waals surface area contributed by atoms with E-state index in [0.29, 0.717) is 5.82 Å². The number of ether oxygens (including phenoxy) is 1. The number of carbonyl (C=O) groups is 1. The van der Waals surface area contributed by atoms with E-state index in [1.54, 1.807) is 24.5 Å². The lowest BCUT2D eigenvalue weighted by Crippen LogP contribution is -2.23. The summed E-state index contributed by atoms with van der Waals surface area (Å²) in [6, 6.07) is 6.00. The molecular weight excluding hydrogens is 303 g/mol. The Balaban J connectivity index is 1.55. The third-order valence-corrected chi connectivity index (χ3v) is 2.94. The van der Waals surface area contributed by atoms with Gasteiger partial charge in [0, 0.05) is 12.4 Å².